The van der Waals surface area contributed by atoms with Gasteiger partial charge in [-0.3, -0.25) is 4.79 Å². The molecule has 0 radical (unpaired) electrons. The van der Waals surface area contributed by atoms with Gasteiger partial charge in [-0.25, -0.2) is 0 Å². The number of amides is 1. The predicted octanol–water partition coefficient (Wildman–Crippen LogP) is 4.38. The lowest BCUT2D eigenvalue weighted by molar-refractivity contribution is -0.130. The first-order valence-corrected chi connectivity index (χ1v) is 11.1. The number of aromatic nitrogens is 2. The van der Waals surface area contributed by atoms with E-state index in [1.165, 1.54) is 30.5 Å². The van der Waals surface area contributed by atoms with Gasteiger partial charge in [0, 0.05) is 56.2 Å². The number of aryl methyl sites for hydroxylation is 1. The molecule has 1 amide bonds. The summed E-state index contributed by atoms with van der Waals surface area (Å²) in [4.78, 5) is 21.3. The van der Waals surface area contributed by atoms with Crippen LogP contribution in [-0.2, 0) is 17.8 Å². The Labute approximate surface area is 175 Å². The maximum absolute atomic E-state index is 12.7. The molecule has 3 heterocycles. The minimum atomic E-state index is 0.0775. The van der Waals surface area contributed by atoms with Gasteiger partial charge in [0.25, 0.3) is 0 Å². The number of para-hydroxylation sites is 1. The van der Waals surface area contributed by atoms with Crippen LogP contribution in [0.5, 0.6) is 0 Å². The predicted molar refractivity (Wildman–Crippen MR) is 115 cm³/mol. The maximum atomic E-state index is 12.7. The molecule has 0 atom stereocenters. The fourth-order valence-corrected chi connectivity index (χ4v) is 4.34. The molecular weight excluding hydrogens is 384 g/mol. The summed E-state index contributed by atoms with van der Waals surface area (Å²) in [5, 5.41) is 7.96. The van der Waals surface area contributed by atoms with Crippen molar-refractivity contribution < 1.29 is 9.32 Å². The van der Waals surface area contributed by atoms with Crippen molar-refractivity contribution in [3.63, 3.8) is 0 Å². The average Bonchev–Trinajstić information content (AvgIpc) is 3.45. The Kier molecular flexibility index (Phi) is 6.24. The molecule has 6 nitrogen and oxygen atoms in total. The van der Waals surface area contributed by atoms with Gasteiger partial charge in [0.2, 0.25) is 17.6 Å². The highest BCUT2D eigenvalue weighted by Gasteiger charge is 2.18. The molecule has 0 unspecified atom stereocenters. The third-order valence-electron chi connectivity index (χ3n) is 5.32. The third kappa shape index (κ3) is 4.85. The van der Waals surface area contributed by atoms with E-state index in [0.717, 1.165) is 18.7 Å². The standard InChI is InChI=1S/C22H26N4O2S/c1-25(15-17-7-3-4-8-19(17)26-12-5-2-6-13-26)21(27)10-9-20-23-22(24-28-20)18-11-14-29-16-18/h3-4,7-8,11,14,16H,2,5-6,9-10,12-13,15H2,1H3. The van der Waals surface area contributed by atoms with Gasteiger partial charge in [0.1, 0.15) is 0 Å². The Morgan fingerprint density at radius 2 is 2.03 bits per heavy atom. The molecule has 3 aromatic rings. The minimum absolute atomic E-state index is 0.0775. The van der Waals surface area contributed by atoms with Crippen molar-refractivity contribution in [2.24, 2.45) is 0 Å². The van der Waals surface area contributed by atoms with E-state index in [0.29, 0.717) is 31.1 Å². The molecule has 4 rings (SSSR count). The van der Waals surface area contributed by atoms with Crippen LogP contribution in [0, 0.1) is 0 Å². The summed E-state index contributed by atoms with van der Waals surface area (Å²) in [5.74, 6) is 1.16. The van der Waals surface area contributed by atoms with Crippen LogP contribution in [0.2, 0.25) is 0 Å². The smallest absolute Gasteiger partial charge is 0.227 e. The fourth-order valence-electron chi connectivity index (χ4n) is 3.70. The molecule has 1 aliphatic heterocycles. The number of piperidine rings is 1. The van der Waals surface area contributed by atoms with E-state index in [2.05, 4.69) is 33.2 Å². The van der Waals surface area contributed by atoms with Crippen molar-refractivity contribution in [3.05, 3.63) is 52.5 Å². The molecule has 1 aromatic carbocycles. The molecule has 1 aliphatic rings. The summed E-state index contributed by atoms with van der Waals surface area (Å²) in [6, 6.07) is 10.4. The number of carbonyl (C=O) groups excluding carboxylic acids is 1. The highest BCUT2D eigenvalue weighted by Crippen LogP contribution is 2.25. The van der Waals surface area contributed by atoms with Gasteiger partial charge in [0.05, 0.1) is 0 Å². The summed E-state index contributed by atoms with van der Waals surface area (Å²) in [7, 11) is 1.86. The van der Waals surface area contributed by atoms with Crippen LogP contribution < -0.4 is 4.90 Å². The van der Waals surface area contributed by atoms with E-state index in [1.54, 1.807) is 16.2 Å². The van der Waals surface area contributed by atoms with Gasteiger partial charge in [-0.15, -0.1) is 0 Å². The van der Waals surface area contributed by atoms with Gasteiger partial charge in [-0.05, 0) is 42.3 Å². The molecule has 7 heteroatoms. The van der Waals surface area contributed by atoms with Crippen LogP contribution in [0.25, 0.3) is 11.4 Å². The number of benzene rings is 1. The van der Waals surface area contributed by atoms with Crippen molar-refractivity contribution in [2.75, 3.05) is 25.0 Å². The molecule has 152 valence electrons. The lowest BCUT2D eigenvalue weighted by Crippen LogP contribution is -2.32. The van der Waals surface area contributed by atoms with E-state index >= 15 is 0 Å². The van der Waals surface area contributed by atoms with Crippen molar-refractivity contribution >= 4 is 22.9 Å². The second-order valence-electron chi connectivity index (χ2n) is 7.45. The lowest BCUT2D eigenvalue weighted by atomic mass is 10.1. The van der Waals surface area contributed by atoms with E-state index in [1.807, 2.05) is 29.9 Å². The molecule has 0 bridgehead atoms. The first-order valence-electron chi connectivity index (χ1n) is 10.1. The zero-order valence-corrected chi connectivity index (χ0v) is 17.5. The molecule has 2 aromatic heterocycles. The molecule has 1 fully saturated rings. The first-order chi connectivity index (χ1) is 14.2. The molecule has 0 saturated carbocycles. The fraction of sp³-hybridized carbons (Fsp3) is 0.409. The Bertz CT molecular complexity index is 932. The van der Waals surface area contributed by atoms with Gasteiger partial charge >= 0.3 is 0 Å². The van der Waals surface area contributed by atoms with Gasteiger partial charge in [0.15, 0.2) is 0 Å². The number of rotatable bonds is 7. The quantitative estimate of drug-likeness (QED) is 0.578. The topological polar surface area (TPSA) is 62.5 Å². The Morgan fingerprint density at radius 1 is 1.21 bits per heavy atom. The van der Waals surface area contributed by atoms with Crippen LogP contribution in [0.4, 0.5) is 5.69 Å². The van der Waals surface area contributed by atoms with E-state index in [9.17, 15) is 4.79 Å². The van der Waals surface area contributed by atoms with Crippen LogP contribution in [0.3, 0.4) is 0 Å². The summed E-state index contributed by atoms with van der Waals surface area (Å²) in [6.45, 7) is 2.80. The largest absolute Gasteiger partial charge is 0.371 e. The number of carbonyl (C=O) groups is 1. The highest BCUT2D eigenvalue weighted by atomic mass is 32.1. The van der Waals surface area contributed by atoms with Crippen molar-refractivity contribution in [2.45, 2.75) is 38.6 Å². The zero-order chi connectivity index (χ0) is 20.1. The highest BCUT2D eigenvalue weighted by molar-refractivity contribution is 7.08. The minimum Gasteiger partial charge on any atom is -0.371 e. The van der Waals surface area contributed by atoms with Crippen LogP contribution in [0.15, 0.2) is 45.6 Å². The molecule has 0 aliphatic carbocycles. The number of anilines is 1. The zero-order valence-electron chi connectivity index (χ0n) is 16.7. The second-order valence-corrected chi connectivity index (χ2v) is 8.23. The van der Waals surface area contributed by atoms with Crippen molar-refractivity contribution in [1.82, 2.24) is 15.0 Å². The van der Waals surface area contributed by atoms with E-state index < -0.39 is 0 Å². The number of hydrogen-bond donors (Lipinski definition) is 0. The molecule has 0 N–H and O–H groups in total. The summed E-state index contributed by atoms with van der Waals surface area (Å²) in [6.07, 6.45) is 4.59. The van der Waals surface area contributed by atoms with Crippen molar-refractivity contribution in [3.8, 4) is 11.4 Å². The molecule has 29 heavy (non-hydrogen) atoms. The van der Waals surface area contributed by atoms with Crippen molar-refractivity contribution in [1.29, 1.82) is 0 Å². The summed E-state index contributed by atoms with van der Waals surface area (Å²) >= 11 is 1.59. The Morgan fingerprint density at radius 3 is 2.83 bits per heavy atom. The third-order valence-corrected chi connectivity index (χ3v) is 6.01. The molecule has 0 spiro atoms. The lowest BCUT2D eigenvalue weighted by Gasteiger charge is -2.31. The summed E-state index contributed by atoms with van der Waals surface area (Å²) < 4.78 is 5.30. The average molecular weight is 411 g/mol. The molecular formula is C22H26N4O2S. The first kappa shape index (κ1) is 19.6. The normalized spacial score (nSPS) is 14.2. The van der Waals surface area contributed by atoms with E-state index in [4.69, 9.17) is 4.52 Å². The van der Waals surface area contributed by atoms with Gasteiger partial charge < -0.3 is 14.3 Å². The number of thiophene rings is 1. The van der Waals surface area contributed by atoms with Gasteiger partial charge in [-0.1, -0.05) is 23.4 Å². The van der Waals surface area contributed by atoms with Crippen LogP contribution in [-0.4, -0.2) is 41.1 Å². The monoisotopic (exact) mass is 410 g/mol. The number of hydrogen-bond acceptors (Lipinski definition) is 6. The van der Waals surface area contributed by atoms with Crippen LogP contribution in [0.1, 0.15) is 37.1 Å². The van der Waals surface area contributed by atoms with E-state index in [-0.39, 0.29) is 5.91 Å². The van der Waals surface area contributed by atoms with Crippen LogP contribution >= 0.6 is 11.3 Å². The SMILES string of the molecule is CN(Cc1ccccc1N1CCCCC1)C(=O)CCc1nc(-c2ccsc2)no1. The number of nitrogens with zero attached hydrogens (tertiary/aromatic N) is 4. The Hall–Kier alpha value is -2.67. The summed E-state index contributed by atoms with van der Waals surface area (Å²) in [5.41, 5.74) is 3.40. The maximum Gasteiger partial charge on any atom is 0.227 e. The second kappa shape index (κ2) is 9.22. The van der Waals surface area contributed by atoms with Gasteiger partial charge in [-0.2, -0.15) is 16.3 Å². The molecule has 1 saturated heterocycles. The Balaban J connectivity index is 1.34.